The van der Waals surface area contributed by atoms with E-state index in [9.17, 15) is 9.59 Å². The summed E-state index contributed by atoms with van der Waals surface area (Å²) in [5, 5.41) is 5.71. The molecule has 0 radical (unpaired) electrons. The van der Waals surface area contributed by atoms with Crippen LogP contribution < -0.4 is 5.01 Å². The molecule has 0 aromatic heterocycles. The number of carbonyl (C=O) groups excluding carboxylic acids is 2. The Labute approximate surface area is 131 Å². The van der Waals surface area contributed by atoms with Crippen molar-refractivity contribution in [3.05, 3.63) is 60.2 Å². The van der Waals surface area contributed by atoms with Gasteiger partial charge in [0, 0.05) is 10.5 Å². The second-order valence-electron chi connectivity index (χ2n) is 5.25. The summed E-state index contributed by atoms with van der Waals surface area (Å²) in [5.41, 5.74) is 1.81. The largest absolute Gasteiger partial charge is 0.291 e. The number of nitrogens with zero attached hydrogens (tertiary/aromatic N) is 2. The molecule has 0 unspecified atom stereocenters. The Morgan fingerprint density at radius 2 is 1.68 bits per heavy atom. The molecule has 0 fully saturated rings. The summed E-state index contributed by atoms with van der Waals surface area (Å²) in [6, 6.07) is 16.5. The van der Waals surface area contributed by atoms with Crippen molar-refractivity contribution < 1.29 is 9.59 Å². The van der Waals surface area contributed by atoms with Gasteiger partial charge in [-0.05, 0) is 25.1 Å². The first kappa shape index (κ1) is 13.3. The lowest BCUT2D eigenvalue weighted by Gasteiger charge is -2.20. The summed E-state index contributed by atoms with van der Waals surface area (Å²) >= 11 is 1.30. The van der Waals surface area contributed by atoms with Gasteiger partial charge in [0.2, 0.25) is 4.75 Å². The molecule has 4 rings (SSSR count). The Bertz CT molecular complexity index is 832. The molecular weight excluding hydrogens is 296 g/mol. The minimum atomic E-state index is -1.24. The van der Waals surface area contributed by atoms with Crippen molar-refractivity contribution in [2.45, 2.75) is 16.6 Å². The number of benzene rings is 2. The lowest BCUT2D eigenvalue weighted by molar-refractivity contribution is -0.117. The second-order valence-corrected chi connectivity index (χ2v) is 6.50. The summed E-state index contributed by atoms with van der Waals surface area (Å²) in [5.74, 6) is -0.458. The predicted octanol–water partition coefficient (Wildman–Crippen LogP) is 3.14. The number of ketones is 1. The molecule has 2 aromatic carbocycles. The van der Waals surface area contributed by atoms with Crippen molar-refractivity contribution in [3.63, 3.8) is 0 Å². The van der Waals surface area contributed by atoms with Crippen molar-refractivity contribution >= 4 is 34.9 Å². The van der Waals surface area contributed by atoms with Gasteiger partial charge >= 0.3 is 0 Å². The number of amides is 1. The summed E-state index contributed by atoms with van der Waals surface area (Å²) in [4.78, 5) is 26.7. The maximum atomic E-state index is 13.0. The Kier molecular flexibility index (Phi) is 2.74. The fourth-order valence-corrected chi connectivity index (χ4v) is 4.15. The summed E-state index contributed by atoms with van der Waals surface area (Å²) in [6.07, 6.45) is 0. The first-order valence-corrected chi connectivity index (χ1v) is 7.74. The molecule has 0 bridgehead atoms. The maximum absolute atomic E-state index is 13.0. The smallest absolute Gasteiger partial charge is 0.277 e. The van der Waals surface area contributed by atoms with E-state index in [1.165, 1.54) is 16.8 Å². The zero-order chi connectivity index (χ0) is 15.3. The SMILES string of the molecule is CC1=NN(c2ccccc2)C(=O)[C@@]12Sc1ccccc1C2=O. The van der Waals surface area contributed by atoms with Gasteiger partial charge in [-0.3, -0.25) is 9.59 Å². The topological polar surface area (TPSA) is 49.7 Å². The number of hydrogen-bond donors (Lipinski definition) is 0. The van der Waals surface area contributed by atoms with Crippen LogP contribution in [0.2, 0.25) is 0 Å². The van der Waals surface area contributed by atoms with E-state index in [4.69, 9.17) is 0 Å². The molecule has 2 aliphatic heterocycles. The van der Waals surface area contributed by atoms with Crippen molar-refractivity contribution in [2.75, 3.05) is 5.01 Å². The van der Waals surface area contributed by atoms with Crippen LogP contribution in [0.4, 0.5) is 5.69 Å². The molecule has 0 saturated carbocycles. The third kappa shape index (κ3) is 1.57. The van der Waals surface area contributed by atoms with Gasteiger partial charge in [-0.1, -0.05) is 48.2 Å². The van der Waals surface area contributed by atoms with Crippen molar-refractivity contribution in [1.29, 1.82) is 0 Å². The summed E-state index contributed by atoms with van der Waals surface area (Å²) < 4.78 is -1.24. The van der Waals surface area contributed by atoms with E-state index in [1.54, 1.807) is 13.0 Å². The highest BCUT2D eigenvalue weighted by atomic mass is 32.2. The van der Waals surface area contributed by atoms with Gasteiger partial charge in [0.25, 0.3) is 5.91 Å². The quantitative estimate of drug-likeness (QED) is 0.761. The molecule has 0 aliphatic carbocycles. The molecule has 1 atom stereocenters. The number of rotatable bonds is 1. The third-order valence-corrected chi connectivity index (χ3v) is 5.51. The van der Waals surface area contributed by atoms with E-state index in [0.29, 0.717) is 17.0 Å². The van der Waals surface area contributed by atoms with Crippen LogP contribution in [0.5, 0.6) is 0 Å². The molecule has 2 heterocycles. The average molecular weight is 308 g/mol. The van der Waals surface area contributed by atoms with Crippen LogP contribution in [0, 0.1) is 0 Å². The lowest BCUT2D eigenvalue weighted by atomic mass is 9.93. The standard InChI is InChI=1S/C17H12N2O2S/c1-11-17(15(20)13-9-5-6-10-14(13)22-17)16(21)19(18-11)12-7-3-2-4-8-12/h2-10H,1H3/t17-/m1/s1. The summed E-state index contributed by atoms with van der Waals surface area (Å²) in [6.45, 7) is 1.75. The van der Waals surface area contributed by atoms with Gasteiger partial charge in [-0.2, -0.15) is 10.1 Å². The van der Waals surface area contributed by atoms with E-state index in [1.807, 2.05) is 48.5 Å². The van der Waals surface area contributed by atoms with Gasteiger partial charge in [-0.15, -0.1) is 0 Å². The third-order valence-electron chi connectivity index (χ3n) is 3.97. The Balaban J connectivity index is 1.81. The normalized spacial score (nSPS) is 23.1. The Morgan fingerprint density at radius 1 is 1.00 bits per heavy atom. The van der Waals surface area contributed by atoms with Crippen LogP contribution in [0.15, 0.2) is 64.6 Å². The minimum absolute atomic E-state index is 0.169. The fourth-order valence-electron chi connectivity index (χ4n) is 2.84. The van der Waals surface area contributed by atoms with Crippen molar-refractivity contribution in [1.82, 2.24) is 0 Å². The molecule has 4 nitrogen and oxygen atoms in total. The number of para-hydroxylation sites is 1. The molecule has 2 aliphatic rings. The van der Waals surface area contributed by atoms with Crippen molar-refractivity contribution in [3.8, 4) is 0 Å². The monoisotopic (exact) mass is 308 g/mol. The molecule has 0 N–H and O–H groups in total. The molecule has 0 saturated heterocycles. The van der Waals surface area contributed by atoms with Gasteiger partial charge < -0.3 is 0 Å². The fraction of sp³-hybridized carbons (Fsp3) is 0.118. The van der Waals surface area contributed by atoms with Gasteiger partial charge in [0.15, 0.2) is 5.78 Å². The van der Waals surface area contributed by atoms with Gasteiger partial charge in [-0.25, -0.2) is 0 Å². The van der Waals surface area contributed by atoms with Crippen molar-refractivity contribution in [2.24, 2.45) is 5.10 Å². The lowest BCUT2D eigenvalue weighted by Crippen LogP contribution is -2.47. The van der Waals surface area contributed by atoms with E-state index in [-0.39, 0.29) is 11.7 Å². The van der Waals surface area contributed by atoms with Crippen LogP contribution in [0.3, 0.4) is 0 Å². The average Bonchev–Trinajstić information content (AvgIpc) is 2.99. The summed E-state index contributed by atoms with van der Waals surface area (Å²) in [7, 11) is 0. The zero-order valence-electron chi connectivity index (χ0n) is 11.8. The van der Waals surface area contributed by atoms with E-state index in [2.05, 4.69) is 5.10 Å². The van der Waals surface area contributed by atoms with Crippen LogP contribution in [0.1, 0.15) is 17.3 Å². The molecule has 5 heteroatoms. The highest BCUT2D eigenvalue weighted by Gasteiger charge is 2.60. The van der Waals surface area contributed by atoms with Gasteiger partial charge in [0.05, 0.1) is 11.4 Å². The Morgan fingerprint density at radius 3 is 2.41 bits per heavy atom. The molecular formula is C17H12N2O2S. The number of anilines is 1. The number of thioether (sulfide) groups is 1. The Hall–Kier alpha value is -2.40. The number of carbonyl (C=O) groups is 2. The molecule has 2 aromatic rings. The molecule has 22 heavy (non-hydrogen) atoms. The predicted molar refractivity (Wildman–Crippen MR) is 86.4 cm³/mol. The highest BCUT2D eigenvalue weighted by molar-refractivity contribution is 8.03. The maximum Gasteiger partial charge on any atom is 0.277 e. The number of Topliss-reactive ketones (excluding diaryl/α,β-unsaturated/α-hetero) is 1. The molecule has 108 valence electrons. The van der Waals surface area contributed by atoms with E-state index in [0.717, 1.165) is 4.90 Å². The zero-order valence-corrected chi connectivity index (χ0v) is 12.6. The van der Waals surface area contributed by atoms with Crippen LogP contribution >= 0.6 is 11.8 Å². The number of hydrogen-bond acceptors (Lipinski definition) is 4. The second kappa shape index (κ2) is 4.55. The minimum Gasteiger partial charge on any atom is -0.291 e. The van der Waals surface area contributed by atoms with Crippen LogP contribution in [0.25, 0.3) is 0 Å². The van der Waals surface area contributed by atoms with Crippen LogP contribution in [-0.4, -0.2) is 22.1 Å². The van der Waals surface area contributed by atoms with Gasteiger partial charge in [0.1, 0.15) is 0 Å². The van der Waals surface area contributed by atoms with E-state index < -0.39 is 4.75 Å². The number of fused-ring (bicyclic) bond motifs is 1. The van der Waals surface area contributed by atoms with E-state index >= 15 is 0 Å². The first-order valence-electron chi connectivity index (χ1n) is 6.93. The molecule has 1 amide bonds. The first-order chi connectivity index (χ1) is 10.6. The van der Waals surface area contributed by atoms with Crippen LogP contribution in [-0.2, 0) is 4.79 Å². The highest BCUT2D eigenvalue weighted by Crippen LogP contribution is 2.49. The number of hydrazone groups is 1. The molecule has 1 spiro atoms.